The van der Waals surface area contributed by atoms with Gasteiger partial charge in [-0.25, -0.2) is 4.39 Å². The Kier molecular flexibility index (Phi) is 6.83. The molecule has 0 amide bonds. The molecule has 1 N–H and O–H groups in total. The summed E-state index contributed by atoms with van der Waals surface area (Å²) in [6, 6.07) is 7.25. The molecule has 2 rings (SSSR count). The third-order valence-corrected chi connectivity index (χ3v) is 4.79. The molecule has 1 aliphatic rings. The van der Waals surface area contributed by atoms with Crippen LogP contribution in [0.15, 0.2) is 29.2 Å². The first kappa shape index (κ1) is 15.8. The molecule has 1 aromatic carbocycles. The summed E-state index contributed by atoms with van der Waals surface area (Å²) >= 11 is 1.79. The highest BCUT2D eigenvalue weighted by Gasteiger charge is 2.17. The van der Waals surface area contributed by atoms with E-state index < -0.39 is 0 Å². The maximum atomic E-state index is 12.9. The van der Waals surface area contributed by atoms with E-state index in [-0.39, 0.29) is 5.82 Å². The van der Waals surface area contributed by atoms with Gasteiger partial charge in [-0.15, -0.1) is 11.8 Å². The van der Waals surface area contributed by atoms with Crippen LogP contribution in [0.1, 0.15) is 32.6 Å². The fraction of sp³-hybridized carbons (Fsp3) is 0.625. The number of nitrogens with one attached hydrogen (secondary N) is 1. The summed E-state index contributed by atoms with van der Waals surface area (Å²) in [5.74, 6) is 0.850. The van der Waals surface area contributed by atoms with Gasteiger partial charge in [0, 0.05) is 23.3 Å². The largest absolute Gasteiger partial charge is 0.378 e. The Labute approximate surface area is 125 Å². The molecule has 2 unspecified atom stereocenters. The molecule has 1 fully saturated rings. The van der Waals surface area contributed by atoms with Crippen LogP contribution in [0, 0.1) is 5.82 Å². The lowest BCUT2D eigenvalue weighted by Crippen LogP contribution is -2.32. The van der Waals surface area contributed by atoms with Crippen molar-refractivity contribution in [2.45, 2.75) is 49.6 Å². The fourth-order valence-electron chi connectivity index (χ4n) is 2.52. The summed E-state index contributed by atoms with van der Waals surface area (Å²) in [6.07, 6.45) is 5.17. The Morgan fingerprint density at radius 1 is 1.40 bits per heavy atom. The van der Waals surface area contributed by atoms with Gasteiger partial charge in [0.05, 0.1) is 6.10 Å². The zero-order valence-electron chi connectivity index (χ0n) is 12.1. The van der Waals surface area contributed by atoms with Gasteiger partial charge >= 0.3 is 0 Å². The van der Waals surface area contributed by atoms with E-state index in [2.05, 4.69) is 12.2 Å². The molecular weight excluding hydrogens is 273 g/mol. The SMILES string of the molecule is CCNC(CCC1CCCO1)CSc1ccc(F)cc1. The molecule has 2 atom stereocenters. The molecule has 1 heterocycles. The van der Waals surface area contributed by atoms with Gasteiger partial charge in [0.2, 0.25) is 0 Å². The smallest absolute Gasteiger partial charge is 0.123 e. The van der Waals surface area contributed by atoms with Crippen molar-refractivity contribution in [1.29, 1.82) is 0 Å². The van der Waals surface area contributed by atoms with Crippen molar-refractivity contribution in [3.63, 3.8) is 0 Å². The Balaban J connectivity index is 1.74. The third-order valence-electron chi connectivity index (χ3n) is 3.62. The standard InChI is InChI=1S/C16H24FNOS/c1-2-18-14(7-8-15-4-3-11-19-15)12-20-16-9-5-13(17)6-10-16/h5-6,9-10,14-15,18H,2-4,7-8,11-12H2,1H3. The van der Waals surface area contributed by atoms with Gasteiger partial charge in [-0.1, -0.05) is 6.92 Å². The van der Waals surface area contributed by atoms with Crippen molar-refractivity contribution in [3.05, 3.63) is 30.1 Å². The second-order valence-corrected chi connectivity index (χ2v) is 6.33. The van der Waals surface area contributed by atoms with E-state index in [0.717, 1.165) is 36.6 Å². The number of ether oxygens (including phenoxy) is 1. The third kappa shape index (κ3) is 5.43. The van der Waals surface area contributed by atoms with Gasteiger partial charge in [-0.3, -0.25) is 0 Å². The molecule has 4 heteroatoms. The second-order valence-electron chi connectivity index (χ2n) is 5.23. The van der Waals surface area contributed by atoms with E-state index in [1.807, 2.05) is 12.1 Å². The number of halogens is 1. The predicted octanol–water partition coefficient (Wildman–Crippen LogP) is 3.86. The molecule has 0 saturated carbocycles. The van der Waals surface area contributed by atoms with E-state index in [9.17, 15) is 4.39 Å². The molecule has 2 nitrogen and oxygen atoms in total. The fourth-order valence-corrected chi connectivity index (χ4v) is 3.53. The Hall–Kier alpha value is -0.580. The second kappa shape index (κ2) is 8.65. The molecule has 1 aliphatic heterocycles. The molecule has 20 heavy (non-hydrogen) atoms. The first-order valence-corrected chi connectivity index (χ1v) is 8.50. The van der Waals surface area contributed by atoms with E-state index in [4.69, 9.17) is 4.74 Å². The Morgan fingerprint density at radius 2 is 2.20 bits per heavy atom. The van der Waals surface area contributed by atoms with Crippen molar-refractivity contribution in [2.75, 3.05) is 18.9 Å². The number of hydrogen-bond donors (Lipinski definition) is 1. The molecule has 112 valence electrons. The number of hydrogen-bond acceptors (Lipinski definition) is 3. The summed E-state index contributed by atoms with van der Waals surface area (Å²) in [7, 11) is 0. The van der Waals surface area contributed by atoms with Gasteiger partial charge in [0.1, 0.15) is 5.82 Å². The Morgan fingerprint density at radius 3 is 2.85 bits per heavy atom. The zero-order chi connectivity index (χ0) is 14.2. The summed E-state index contributed by atoms with van der Waals surface area (Å²) < 4.78 is 18.5. The van der Waals surface area contributed by atoms with E-state index in [0.29, 0.717) is 12.1 Å². The van der Waals surface area contributed by atoms with Crippen LogP contribution in [0.5, 0.6) is 0 Å². The van der Waals surface area contributed by atoms with E-state index in [1.54, 1.807) is 11.8 Å². The summed E-state index contributed by atoms with van der Waals surface area (Å²) in [6.45, 7) is 4.06. The van der Waals surface area contributed by atoms with Crippen molar-refractivity contribution < 1.29 is 9.13 Å². The van der Waals surface area contributed by atoms with Crippen LogP contribution in [0.25, 0.3) is 0 Å². The molecule has 0 radical (unpaired) electrons. The molecule has 0 bridgehead atoms. The molecule has 0 spiro atoms. The summed E-state index contributed by atoms with van der Waals surface area (Å²) in [5, 5.41) is 3.54. The average molecular weight is 297 g/mol. The molecule has 0 aliphatic carbocycles. The highest BCUT2D eigenvalue weighted by Crippen LogP contribution is 2.22. The first-order valence-electron chi connectivity index (χ1n) is 7.51. The number of benzene rings is 1. The summed E-state index contributed by atoms with van der Waals surface area (Å²) in [5.41, 5.74) is 0. The molecule has 0 aromatic heterocycles. The Bertz CT molecular complexity index is 379. The molecular formula is C16H24FNOS. The monoisotopic (exact) mass is 297 g/mol. The van der Waals surface area contributed by atoms with Gasteiger partial charge in [0.15, 0.2) is 0 Å². The van der Waals surface area contributed by atoms with Crippen LogP contribution < -0.4 is 5.32 Å². The average Bonchev–Trinajstić information content (AvgIpc) is 2.97. The zero-order valence-corrected chi connectivity index (χ0v) is 12.9. The van der Waals surface area contributed by atoms with Crippen LogP contribution in [0.2, 0.25) is 0 Å². The predicted molar refractivity (Wildman–Crippen MR) is 82.8 cm³/mol. The van der Waals surface area contributed by atoms with Gasteiger partial charge in [-0.05, 0) is 56.5 Å². The summed E-state index contributed by atoms with van der Waals surface area (Å²) in [4.78, 5) is 1.13. The minimum Gasteiger partial charge on any atom is -0.378 e. The van der Waals surface area contributed by atoms with Crippen molar-refractivity contribution in [3.8, 4) is 0 Å². The van der Waals surface area contributed by atoms with Crippen LogP contribution in [-0.2, 0) is 4.74 Å². The normalized spacial score (nSPS) is 20.2. The van der Waals surface area contributed by atoms with Crippen molar-refractivity contribution in [1.82, 2.24) is 5.32 Å². The first-order chi connectivity index (χ1) is 9.78. The van der Waals surface area contributed by atoms with E-state index >= 15 is 0 Å². The minimum atomic E-state index is -0.170. The maximum Gasteiger partial charge on any atom is 0.123 e. The van der Waals surface area contributed by atoms with Gasteiger partial charge in [0.25, 0.3) is 0 Å². The van der Waals surface area contributed by atoms with E-state index in [1.165, 1.54) is 25.0 Å². The highest BCUT2D eigenvalue weighted by atomic mass is 32.2. The lowest BCUT2D eigenvalue weighted by atomic mass is 10.1. The van der Waals surface area contributed by atoms with Gasteiger partial charge < -0.3 is 10.1 Å². The lowest BCUT2D eigenvalue weighted by molar-refractivity contribution is 0.100. The maximum absolute atomic E-state index is 12.9. The molecule has 1 aromatic rings. The highest BCUT2D eigenvalue weighted by molar-refractivity contribution is 7.99. The van der Waals surface area contributed by atoms with Crippen LogP contribution in [-0.4, -0.2) is 31.1 Å². The minimum absolute atomic E-state index is 0.170. The van der Waals surface area contributed by atoms with Crippen LogP contribution in [0.4, 0.5) is 4.39 Å². The number of rotatable bonds is 8. The van der Waals surface area contributed by atoms with Crippen molar-refractivity contribution in [2.24, 2.45) is 0 Å². The van der Waals surface area contributed by atoms with Crippen LogP contribution in [0.3, 0.4) is 0 Å². The molecule has 1 saturated heterocycles. The lowest BCUT2D eigenvalue weighted by Gasteiger charge is -2.19. The van der Waals surface area contributed by atoms with Crippen molar-refractivity contribution >= 4 is 11.8 Å². The van der Waals surface area contributed by atoms with Gasteiger partial charge in [-0.2, -0.15) is 0 Å². The quantitative estimate of drug-likeness (QED) is 0.736. The van der Waals surface area contributed by atoms with Crippen LogP contribution >= 0.6 is 11.8 Å². The number of thioether (sulfide) groups is 1. The topological polar surface area (TPSA) is 21.3 Å².